The molecule has 16 heavy (non-hydrogen) atoms. The first kappa shape index (κ1) is 12.5. The maximum absolute atomic E-state index is 12.7. The van der Waals surface area contributed by atoms with Crippen LogP contribution in [0.5, 0.6) is 0 Å². The molecule has 2 unspecified atom stereocenters. The van der Waals surface area contributed by atoms with Crippen molar-refractivity contribution in [1.29, 1.82) is 5.26 Å². The summed E-state index contributed by atoms with van der Waals surface area (Å²) in [7, 11) is 0. The van der Waals surface area contributed by atoms with Gasteiger partial charge in [-0.1, -0.05) is 20.3 Å². The van der Waals surface area contributed by atoms with Crippen molar-refractivity contribution in [3.63, 3.8) is 0 Å². The molecule has 1 aromatic carbocycles. The lowest BCUT2D eigenvalue weighted by molar-refractivity contribution is 0.500. The van der Waals surface area contributed by atoms with Gasteiger partial charge in [0.1, 0.15) is 11.9 Å². The van der Waals surface area contributed by atoms with Crippen LogP contribution in [0, 0.1) is 23.1 Å². The second-order valence-corrected chi connectivity index (χ2v) is 4.02. The fraction of sp³-hybridized carbons (Fsp3) is 0.462. The van der Waals surface area contributed by atoms with Crippen molar-refractivity contribution in [2.24, 2.45) is 5.92 Å². The molecule has 0 aliphatic rings. The maximum Gasteiger partial charge on any atom is 0.123 e. The zero-order valence-corrected chi connectivity index (χ0v) is 9.70. The first-order valence-electron chi connectivity index (χ1n) is 5.59. The summed E-state index contributed by atoms with van der Waals surface area (Å²) in [5.41, 5.74) is 0.788. The van der Waals surface area contributed by atoms with Gasteiger partial charge in [-0.25, -0.2) is 4.39 Å². The summed E-state index contributed by atoms with van der Waals surface area (Å²) in [5.74, 6) is 0.0284. The Balaban J connectivity index is 2.63. The zero-order chi connectivity index (χ0) is 12.0. The molecule has 0 bridgehead atoms. The minimum atomic E-state index is -0.263. The van der Waals surface area contributed by atoms with Gasteiger partial charge in [0.25, 0.3) is 0 Å². The molecule has 0 aliphatic carbocycles. The zero-order valence-electron chi connectivity index (χ0n) is 9.70. The van der Waals surface area contributed by atoms with E-state index in [1.165, 1.54) is 12.1 Å². The lowest BCUT2D eigenvalue weighted by atomic mass is 9.98. The van der Waals surface area contributed by atoms with E-state index in [2.05, 4.69) is 18.3 Å². The molecule has 0 heterocycles. The van der Waals surface area contributed by atoms with Crippen LogP contribution in [0.3, 0.4) is 0 Å². The molecule has 0 radical (unpaired) electrons. The van der Waals surface area contributed by atoms with E-state index in [-0.39, 0.29) is 11.9 Å². The Labute approximate surface area is 96.1 Å². The molecule has 2 nitrogen and oxygen atoms in total. The number of nitrogens with zero attached hydrogens (tertiary/aromatic N) is 1. The Morgan fingerprint density at radius 2 is 2.00 bits per heavy atom. The van der Waals surface area contributed by atoms with E-state index < -0.39 is 0 Å². The van der Waals surface area contributed by atoms with Gasteiger partial charge < -0.3 is 5.32 Å². The van der Waals surface area contributed by atoms with E-state index in [4.69, 9.17) is 5.26 Å². The highest BCUT2D eigenvalue weighted by Gasteiger charge is 2.15. The number of hydrogen-bond acceptors (Lipinski definition) is 2. The van der Waals surface area contributed by atoms with Crippen LogP contribution in [0.25, 0.3) is 0 Å². The average molecular weight is 220 g/mol. The quantitative estimate of drug-likeness (QED) is 0.823. The highest BCUT2D eigenvalue weighted by Crippen LogP contribution is 2.16. The standard InChI is InChI=1S/C13H17FN2/c1-3-4-10(2)13(9-15)16-12-7-5-11(14)6-8-12/h5-8,10,13,16H,3-4H2,1-2H3. The van der Waals surface area contributed by atoms with Crippen molar-refractivity contribution in [2.75, 3.05) is 5.32 Å². The van der Waals surface area contributed by atoms with Gasteiger partial charge in [0.2, 0.25) is 0 Å². The molecule has 0 saturated carbocycles. The molecule has 0 aliphatic heterocycles. The molecule has 86 valence electrons. The minimum Gasteiger partial charge on any atom is -0.370 e. The van der Waals surface area contributed by atoms with Crippen molar-refractivity contribution in [2.45, 2.75) is 32.7 Å². The van der Waals surface area contributed by atoms with E-state index in [0.717, 1.165) is 18.5 Å². The second kappa shape index (κ2) is 6.12. The monoisotopic (exact) mass is 220 g/mol. The number of nitrogens with one attached hydrogen (secondary N) is 1. The van der Waals surface area contributed by atoms with Crippen LogP contribution in [-0.2, 0) is 0 Å². The Bertz CT molecular complexity index is 353. The highest BCUT2D eigenvalue weighted by atomic mass is 19.1. The van der Waals surface area contributed by atoms with Gasteiger partial charge >= 0.3 is 0 Å². The summed E-state index contributed by atoms with van der Waals surface area (Å²) < 4.78 is 12.7. The maximum atomic E-state index is 12.7. The molecular formula is C13H17FN2. The molecule has 0 spiro atoms. The van der Waals surface area contributed by atoms with Crippen molar-refractivity contribution >= 4 is 5.69 Å². The summed E-state index contributed by atoms with van der Waals surface area (Å²) in [6, 6.07) is 8.11. The van der Waals surface area contributed by atoms with Crippen molar-refractivity contribution in [1.82, 2.24) is 0 Å². The molecule has 2 atom stereocenters. The van der Waals surface area contributed by atoms with Crippen molar-refractivity contribution < 1.29 is 4.39 Å². The number of halogens is 1. The number of hydrogen-bond donors (Lipinski definition) is 1. The largest absolute Gasteiger partial charge is 0.370 e. The fourth-order valence-corrected chi connectivity index (χ4v) is 1.65. The van der Waals surface area contributed by atoms with Crippen LogP contribution >= 0.6 is 0 Å². The van der Waals surface area contributed by atoms with Crippen LogP contribution in [0.2, 0.25) is 0 Å². The summed E-state index contributed by atoms with van der Waals surface area (Å²) in [5, 5.41) is 12.2. The van der Waals surface area contributed by atoms with Gasteiger partial charge in [-0.3, -0.25) is 0 Å². The predicted octanol–water partition coefficient (Wildman–Crippen LogP) is 3.57. The fourth-order valence-electron chi connectivity index (χ4n) is 1.65. The molecule has 0 saturated heterocycles. The minimum absolute atomic E-state index is 0.217. The van der Waals surface area contributed by atoms with Crippen LogP contribution in [0.4, 0.5) is 10.1 Å². The first-order valence-corrected chi connectivity index (χ1v) is 5.59. The van der Waals surface area contributed by atoms with Crippen LogP contribution in [0.1, 0.15) is 26.7 Å². The van der Waals surface area contributed by atoms with Gasteiger partial charge in [-0.2, -0.15) is 5.26 Å². The average Bonchev–Trinajstić information content (AvgIpc) is 2.28. The number of rotatable bonds is 5. The Kier molecular flexibility index (Phi) is 4.78. The van der Waals surface area contributed by atoms with Gasteiger partial charge in [-0.15, -0.1) is 0 Å². The topological polar surface area (TPSA) is 35.8 Å². The SMILES string of the molecule is CCCC(C)C(C#N)Nc1ccc(F)cc1. The summed E-state index contributed by atoms with van der Waals surface area (Å²) in [6.45, 7) is 4.15. The first-order chi connectivity index (χ1) is 7.67. The molecule has 1 aromatic rings. The summed E-state index contributed by atoms with van der Waals surface area (Å²) >= 11 is 0. The van der Waals surface area contributed by atoms with Crippen LogP contribution < -0.4 is 5.32 Å². The molecule has 0 amide bonds. The van der Waals surface area contributed by atoms with Gasteiger partial charge in [0.15, 0.2) is 0 Å². The second-order valence-electron chi connectivity index (χ2n) is 4.02. The number of benzene rings is 1. The Morgan fingerprint density at radius 3 is 2.50 bits per heavy atom. The van der Waals surface area contributed by atoms with E-state index >= 15 is 0 Å². The number of anilines is 1. The molecule has 3 heteroatoms. The molecule has 1 rings (SSSR count). The smallest absolute Gasteiger partial charge is 0.123 e. The summed E-state index contributed by atoms with van der Waals surface area (Å²) in [6.07, 6.45) is 2.07. The van der Waals surface area contributed by atoms with Gasteiger partial charge in [0, 0.05) is 5.69 Å². The summed E-state index contributed by atoms with van der Waals surface area (Å²) in [4.78, 5) is 0. The molecular weight excluding hydrogens is 203 g/mol. The Hall–Kier alpha value is -1.56. The molecule has 0 aromatic heterocycles. The van der Waals surface area contributed by atoms with E-state index in [0.29, 0.717) is 5.92 Å². The van der Waals surface area contributed by atoms with Crippen molar-refractivity contribution in [3.05, 3.63) is 30.1 Å². The normalized spacial score (nSPS) is 13.9. The van der Waals surface area contributed by atoms with Gasteiger partial charge in [0.05, 0.1) is 6.07 Å². The van der Waals surface area contributed by atoms with Crippen LogP contribution in [-0.4, -0.2) is 6.04 Å². The lowest BCUT2D eigenvalue weighted by Crippen LogP contribution is -2.25. The predicted molar refractivity (Wildman–Crippen MR) is 63.5 cm³/mol. The van der Waals surface area contributed by atoms with Crippen LogP contribution in [0.15, 0.2) is 24.3 Å². The van der Waals surface area contributed by atoms with Gasteiger partial charge in [-0.05, 0) is 36.6 Å². The molecule has 0 fully saturated rings. The third kappa shape index (κ3) is 3.54. The Morgan fingerprint density at radius 1 is 1.38 bits per heavy atom. The van der Waals surface area contributed by atoms with Crippen molar-refractivity contribution in [3.8, 4) is 6.07 Å². The third-order valence-corrected chi connectivity index (χ3v) is 2.62. The number of nitriles is 1. The van der Waals surface area contributed by atoms with E-state index in [1.54, 1.807) is 12.1 Å². The van der Waals surface area contributed by atoms with E-state index in [1.807, 2.05) is 6.92 Å². The molecule has 1 N–H and O–H groups in total. The van der Waals surface area contributed by atoms with E-state index in [9.17, 15) is 4.39 Å². The lowest BCUT2D eigenvalue weighted by Gasteiger charge is -2.19. The highest BCUT2D eigenvalue weighted by molar-refractivity contribution is 5.45. The third-order valence-electron chi connectivity index (χ3n) is 2.62.